The summed E-state index contributed by atoms with van der Waals surface area (Å²) in [5.74, 6) is 1.83. The first-order valence-electron chi connectivity index (χ1n) is 16.1. The molecule has 0 spiro atoms. The Hall–Kier alpha value is -5.58. The number of para-hydroxylation sites is 3. The molecular formula is C43H30N2OS. The van der Waals surface area contributed by atoms with Gasteiger partial charge in [-0.3, -0.25) is 0 Å². The van der Waals surface area contributed by atoms with Gasteiger partial charge in [0.05, 0.1) is 21.8 Å². The molecule has 8 aromatic rings. The van der Waals surface area contributed by atoms with Gasteiger partial charge >= 0.3 is 0 Å². The average Bonchev–Trinajstić information content (AvgIpc) is 3.50. The smallest absolute Gasteiger partial charge is 0.154 e. The van der Waals surface area contributed by atoms with Crippen molar-refractivity contribution in [2.75, 3.05) is 10.2 Å². The van der Waals surface area contributed by atoms with Gasteiger partial charge < -0.3 is 15.0 Å². The lowest BCUT2D eigenvalue weighted by molar-refractivity contribution is 0.425. The molecule has 7 aromatic carbocycles. The SMILES string of the molecule is CC1(C)c2cccc3c2Oc2c1c(N(c1ccccc1)c1cccc4c1sc1ccccc14)cc1cccc(c21)-c1ccccc1N3. The highest BCUT2D eigenvalue weighted by molar-refractivity contribution is 7.26. The zero-order chi connectivity index (χ0) is 31.3. The zero-order valence-electron chi connectivity index (χ0n) is 26.0. The molecule has 3 nitrogen and oxygen atoms in total. The van der Waals surface area contributed by atoms with Gasteiger partial charge in [-0.25, -0.2) is 0 Å². The van der Waals surface area contributed by atoms with Gasteiger partial charge in [-0.1, -0.05) is 111 Å². The van der Waals surface area contributed by atoms with E-state index in [4.69, 9.17) is 4.74 Å². The Kier molecular flexibility index (Phi) is 5.50. The van der Waals surface area contributed by atoms with Gasteiger partial charge in [-0.15, -0.1) is 11.3 Å². The highest BCUT2D eigenvalue weighted by Crippen LogP contribution is 2.60. The Morgan fingerprint density at radius 3 is 2.26 bits per heavy atom. The van der Waals surface area contributed by atoms with Crippen LogP contribution in [0.1, 0.15) is 25.0 Å². The minimum absolute atomic E-state index is 0.380. The van der Waals surface area contributed by atoms with Crippen LogP contribution in [0.3, 0.4) is 0 Å². The summed E-state index contributed by atoms with van der Waals surface area (Å²) in [6.07, 6.45) is 0. The Bertz CT molecular complexity index is 2560. The van der Waals surface area contributed by atoms with Gasteiger partial charge in [0, 0.05) is 54.3 Å². The van der Waals surface area contributed by atoms with Crippen LogP contribution in [0.4, 0.5) is 28.4 Å². The Morgan fingerprint density at radius 2 is 1.34 bits per heavy atom. The van der Waals surface area contributed by atoms with Crippen LogP contribution in [-0.4, -0.2) is 0 Å². The number of rotatable bonds is 3. The Balaban J connectivity index is 1.37. The van der Waals surface area contributed by atoms with Crippen LogP contribution in [-0.2, 0) is 5.41 Å². The van der Waals surface area contributed by atoms with E-state index in [2.05, 4.69) is 164 Å². The van der Waals surface area contributed by atoms with E-state index in [1.165, 1.54) is 42.6 Å². The standard InChI is InChI=1S/C43H30N2OS/c1-43(2)32-20-12-22-34-40(32)46-41-38-26(13-10-18-30(38)28-16-6-8-21-33(28)44-34)25-36(39(41)43)45(27-14-4-3-5-15-27)35-23-11-19-31-29-17-7-9-24-37(29)47-42(31)35/h3-25,44H,1-2H3. The molecule has 224 valence electrons. The first-order chi connectivity index (χ1) is 23.1. The molecule has 0 fully saturated rings. The van der Waals surface area contributed by atoms with E-state index < -0.39 is 0 Å². The van der Waals surface area contributed by atoms with Crippen LogP contribution in [0, 0.1) is 0 Å². The lowest BCUT2D eigenvalue weighted by Gasteiger charge is -2.40. The van der Waals surface area contributed by atoms with Crippen molar-refractivity contribution in [3.05, 3.63) is 151 Å². The van der Waals surface area contributed by atoms with Crippen LogP contribution in [0.15, 0.2) is 140 Å². The quantitative estimate of drug-likeness (QED) is 0.212. The van der Waals surface area contributed by atoms with E-state index in [1.807, 2.05) is 11.3 Å². The molecule has 4 heteroatoms. The van der Waals surface area contributed by atoms with Crippen LogP contribution in [0.2, 0.25) is 0 Å². The fraction of sp³-hybridized carbons (Fsp3) is 0.0698. The highest BCUT2D eigenvalue weighted by atomic mass is 32.1. The lowest BCUT2D eigenvalue weighted by atomic mass is 9.73. The van der Waals surface area contributed by atoms with E-state index in [-0.39, 0.29) is 5.41 Å². The molecule has 2 aliphatic rings. The third-order valence-corrected chi connectivity index (χ3v) is 11.2. The molecule has 3 heterocycles. The number of fused-ring (bicyclic) bond motifs is 5. The number of hydrogen-bond acceptors (Lipinski definition) is 4. The second kappa shape index (κ2) is 9.71. The molecule has 47 heavy (non-hydrogen) atoms. The van der Waals surface area contributed by atoms with Crippen LogP contribution in [0.25, 0.3) is 42.1 Å². The predicted molar refractivity (Wildman–Crippen MR) is 199 cm³/mol. The molecule has 2 bridgehead atoms. The third-order valence-electron chi connectivity index (χ3n) is 9.98. The molecule has 10 rings (SSSR count). The first kappa shape index (κ1) is 26.6. The topological polar surface area (TPSA) is 24.5 Å². The summed E-state index contributed by atoms with van der Waals surface area (Å²) in [5, 5.41) is 8.62. The molecular weight excluding hydrogens is 593 g/mol. The third kappa shape index (κ3) is 3.73. The number of nitrogens with one attached hydrogen (secondary N) is 1. The fourth-order valence-electron chi connectivity index (χ4n) is 7.85. The first-order valence-corrected chi connectivity index (χ1v) is 16.9. The number of ether oxygens (including phenoxy) is 1. The summed E-state index contributed by atoms with van der Waals surface area (Å²) >= 11 is 1.86. The van der Waals surface area contributed by atoms with Gasteiger partial charge in [0.15, 0.2) is 5.75 Å². The van der Waals surface area contributed by atoms with Gasteiger partial charge in [0.1, 0.15) is 5.75 Å². The number of thiophene rings is 1. The van der Waals surface area contributed by atoms with Crippen molar-refractivity contribution in [1.82, 2.24) is 0 Å². The van der Waals surface area contributed by atoms with Crippen molar-refractivity contribution in [2.45, 2.75) is 19.3 Å². The molecule has 1 aromatic heterocycles. The predicted octanol–water partition coefficient (Wildman–Crippen LogP) is 12.8. The van der Waals surface area contributed by atoms with E-state index in [9.17, 15) is 0 Å². The number of benzene rings is 7. The van der Waals surface area contributed by atoms with E-state index in [1.54, 1.807) is 0 Å². The zero-order valence-corrected chi connectivity index (χ0v) is 26.9. The van der Waals surface area contributed by atoms with Gasteiger partial charge in [-0.2, -0.15) is 0 Å². The summed E-state index contributed by atoms with van der Waals surface area (Å²) in [6, 6.07) is 50.4. The molecule has 0 atom stereocenters. The summed E-state index contributed by atoms with van der Waals surface area (Å²) in [6.45, 7) is 4.70. The summed E-state index contributed by atoms with van der Waals surface area (Å²) in [5.41, 5.74) is 9.76. The lowest BCUT2D eigenvalue weighted by Crippen LogP contribution is -2.28. The van der Waals surface area contributed by atoms with Crippen molar-refractivity contribution in [3.8, 4) is 22.6 Å². The van der Waals surface area contributed by atoms with Crippen LogP contribution in [0.5, 0.6) is 11.5 Å². The fourth-order valence-corrected chi connectivity index (χ4v) is 9.06. The van der Waals surface area contributed by atoms with E-state index in [0.717, 1.165) is 50.6 Å². The minimum Gasteiger partial charge on any atom is -0.454 e. The minimum atomic E-state index is -0.380. The van der Waals surface area contributed by atoms with E-state index in [0.29, 0.717) is 0 Å². The Morgan fingerprint density at radius 1 is 0.617 bits per heavy atom. The molecule has 0 saturated heterocycles. The average molecular weight is 623 g/mol. The number of nitrogens with zero attached hydrogens (tertiary/aromatic N) is 1. The molecule has 0 saturated carbocycles. The molecule has 0 aliphatic carbocycles. The van der Waals surface area contributed by atoms with Gasteiger partial charge in [-0.05, 0) is 53.4 Å². The van der Waals surface area contributed by atoms with Crippen molar-refractivity contribution >= 4 is 70.7 Å². The van der Waals surface area contributed by atoms with Gasteiger partial charge in [0.25, 0.3) is 0 Å². The molecule has 1 N–H and O–H groups in total. The molecule has 2 aliphatic heterocycles. The maximum atomic E-state index is 7.21. The van der Waals surface area contributed by atoms with Crippen molar-refractivity contribution in [3.63, 3.8) is 0 Å². The summed E-state index contributed by atoms with van der Waals surface area (Å²) in [7, 11) is 0. The number of hydrogen-bond donors (Lipinski definition) is 1. The van der Waals surface area contributed by atoms with Crippen LogP contribution < -0.4 is 15.0 Å². The van der Waals surface area contributed by atoms with Crippen molar-refractivity contribution < 1.29 is 4.74 Å². The largest absolute Gasteiger partial charge is 0.454 e. The Labute approximate surface area is 277 Å². The summed E-state index contributed by atoms with van der Waals surface area (Å²) in [4.78, 5) is 2.47. The monoisotopic (exact) mass is 622 g/mol. The molecule has 0 radical (unpaired) electrons. The van der Waals surface area contributed by atoms with Crippen molar-refractivity contribution in [1.29, 1.82) is 0 Å². The number of anilines is 5. The maximum Gasteiger partial charge on any atom is 0.154 e. The molecule has 0 amide bonds. The van der Waals surface area contributed by atoms with Crippen molar-refractivity contribution in [2.24, 2.45) is 0 Å². The van der Waals surface area contributed by atoms with Crippen LogP contribution >= 0.6 is 11.3 Å². The second-order valence-corrected chi connectivity index (χ2v) is 14.1. The second-order valence-electron chi connectivity index (χ2n) is 13.0. The van der Waals surface area contributed by atoms with E-state index >= 15 is 0 Å². The summed E-state index contributed by atoms with van der Waals surface area (Å²) < 4.78 is 9.78. The normalized spacial score (nSPS) is 13.8. The molecule has 0 unspecified atom stereocenters. The highest BCUT2D eigenvalue weighted by Gasteiger charge is 2.41. The van der Waals surface area contributed by atoms with Gasteiger partial charge in [0.2, 0.25) is 0 Å². The maximum absolute atomic E-state index is 7.21.